The Balaban J connectivity index is 1.95. The Morgan fingerprint density at radius 2 is 1.61 bits per heavy atom. The van der Waals surface area contributed by atoms with Gasteiger partial charge in [0.15, 0.2) is 0 Å². The second kappa shape index (κ2) is 7.98. The first kappa shape index (κ1) is 16.5. The van der Waals surface area contributed by atoms with E-state index < -0.39 is 0 Å². The predicted molar refractivity (Wildman–Crippen MR) is 97.8 cm³/mol. The van der Waals surface area contributed by atoms with Crippen LogP contribution in [0.4, 0.5) is 5.69 Å². The van der Waals surface area contributed by atoms with Crippen molar-refractivity contribution < 1.29 is 0 Å². The lowest BCUT2D eigenvalue weighted by Gasteiger charge is -2.11. The van der Waals surface area contributed by atoms with Crippen molar-refractivity contribution in [2.24, 2.45) is 21.5 Å². The number of nitrogens with one attached hydrogen (secondary N) is 1. The van der Waals surface area contributed by atoms with E-state index in [2.05, 4.69) is 27.4 Å². The average Bonchev–Trinajstić information content (AvgIpc) is 2.52. The van der Waals surface area contributed by atoms with Crippen molar-refractivity contribution in [3.63, 3.8) is 0 Å². The third-order valence-corrected chi connectivity index (χ3v) is 3.49. The fourth-order valence-corrected chi connectivity index (χ4v) is 2.27. The lowest BCUT2D eigenvalue weighted by Crippen LogP contribution is -2.27. The third-order valence-electron chi connectivity index (χ3n) is 3.49. The molecule has 0 aliphatic heterocycles. The number of aryl methyl sites for hydroxylation is 2. The first-order valence-electron chi connectivity index (χ1n) is 7.57. The van der Waals surface area contributed by atoms with Gasteiger partial charge in [0.1, 0.15) is 0 Å². The standard InChI is InChI=1S/C18H23N5/c1-13-7-6-8-14(2)16(13)22-18(20)23-17(19)21-12-11-15-9-4-3-5-10-15/h3-10H,11-12H2,1-2H3,(H5,19,20,21,22,23). The number of para-hydroxylation sites is 1. The zero-order chi connectivity index (χ0) is 16.7. The molecule has 0 saturated carbocycles. The molecule has 120 valence electrons. The fourth-order valence-electron chi connectivity index (χ4n) is 2.27. The van der Waals surface area contributed by atoms with Crippen molar-refractivity contribution in [2.45, 2.75) is 20.3 Å². The van der Waals surface area contributed by atoms with E-state index in [1.807, 2.05) is 50.2 Å². The molecule has 0 fully saturated rings. The summed E-state index contributed by atoms with van der Waals surface area (Å²) in [5.74, 6) is 0.417. The zero-order valence-electron chi connectivity index (χ0n) is 13.6. The van der Waals surface area contributed by atoms with Gasteiger partial charge in [0, 0.05) is 12.2 Å². The highest BCUT2D eigenvalue weighted by atomic mass is 15.2. The SMILES string of the molecule is Cc1cccc(C)c1NC(N)=NC(N)=NCCc1ccccc1. The minimum atomic E-state index is 0.178. The summed E-state index contributed by atoms with van der Waals surface area (Å²) in [4.78, 5) is 8.33. The molecular weight excluding hydrogens is 286 g/mol. The van der Waals surface area contributed by atoms with E-state index in [4.69, 9.17) is 11.5 Å². The maximum atomic E-state index is 5.91. The molecule has 23 heavy (non-hydrogen) atoms. The van der Waals surface area contributed by atoms with E-state index in [0.717, 1.165) is 23.2 Å². The van der Waals surface area contributed by atoms with E-state index in [9.17, 15) is 0 Å². The van der Waals surface area contributed by atoms with Gasteiger partial charge in [-0.15, -0.1) is 0 Å². The highest BCUT2D eigenvalue weighted by Crippen LogP contribution is 2.18. The van der Waals surface area contributed by atoms with E-state index in [1.165, 1.54) is 5.56 Å². The zero-order valence-corrected chi connectivity index (χ0v) is 13.6. The number of nitrogens with two attached hydrogens (primary N) is 2. The van der Waals surface area contributed by atoms with E-state index >= 15 is 0 Å². The van der Waals surface area contributed by atoms with E-state index in [0.29, 0.717) is 6.54 Å². The Bertz CT molecular complexity index is 684. The number of hydrogen-bond donors (Lipinski definition) is 3. The highest BCUT2D eigenvalue weighted by Gasteiger charge is 2.03. The van der Waals surface area contributed by atoms with Crippen LogP contribution in [-0.4, -0.2) is 18.5 Å². The minimum Gasteiger partial charge on any atom is -0.369 e. The van der Waals surface area contributed by atoms with Crippen molar-refractivity contribution in [3.8, 4) is 0 Å². The Labute approximate surface area is 137 Å². The number of guanidine groups is 2. The maximum Gasteiger partial charge on any atom is 0.218 e. The lowest BCUT2D eigenvalue weighted by atomic mass is 10.1. The maximum absolute atomic E-state index is 5.91. The van der Waals surface area contributed by atoms with Gasteiger partial charge in [-0.2, -0.15) is 4.99 Å². The Morgan fingerprint density at radius 1 is 0.957 bits per heavy atom. The van der Waals surface area contributed by atoms with Crippen molar-refractivity contribution in [1.29, 1.82) is 0 Å². The number of hydrogen-bond acceptors (Lipinski definition) is 1. The molecular formula is C18H23N5. The molecule has 0 aliphatic rings. The molecule has 0 bridgehead atoms. The smallest absolute Gasteiger partial charge is 0.218 e. The van der Waals surface area contributed by atoms with Crippen LogP contribution >= 0.6 is 0 Å². The second-order valence-electron chi connectivity index (χ2n) is 5.36. The van der Waals surface area contributed by atoms with Crippen LogP contribution in [0.15, 0.2) is 58.5 Å². The lowest BCUT2D eigenvalue weighted by molar-refractivity contribution is 0.962. The summed E-state index contributed by atoms with van der Waals surface area (Å²) >= 11 is 0. The summed E-state index contributed by atoms with van der Waals surface area (Å²) < 4.78 is 0. The molecule has 0 heterocycles. The van der Waals surface area contributed by atoms with Crippen molar-refractivity contribution >= 4 is 17.6 Å². The number of nitrogens with zero attached hydrogens (tertiary/aromatic N) is 2. The topological polar surface area (TPSA) is 88.8 Å². The average molecular weight is 309 g/mol. The largest absolute Gasteiger partial charge is 0.369 e. The summed E-state index contributed by atoms with van der Waals surface area (Å²) in [6.45, 7) is 4.61. The van der Waals surface area contributed by atoms with Crippen LogP contribution in [0.2, 0.25) is 0 Å². The molecule has 0 atom stereocenters. The van der Waals surface area contributed by atoms with E-state index in [1.54, 1.807) is 0 Å². The molecule has 0 aromatic heterocycles. The minimum absolute atomic E-state index is 0.178. The van der Waals surface area contributed by atoms with Crippen LogP contribution in [-0.2, 0) is 6.42 Å². The van der Waals surface area contributed by atoms with Crippen molar-refractivity contribution in [1.82, 2.24) is 0 Å². The molecule has 2 aromatic carbocycles. The highest BCUT2D eigenvalue weighted by molar-refractivity contribution is 6.01. The molecule has 0 aliphatic carbocycles. The first-order chi connectivity index (χ1) is 11.1. The molecule has 0 amide bonds. The van der Waals surface area contributed by atoms with Crippen molar-refractivity contribution in [2.75, 3.05) is 11.9 Å². The van der Waals surface area contributed by atoms with E-state index in [-0.39, 0.29) is 11.9 Å². The first-order valence-corrected chi connectivity index (χ1v) is 7.57. The Kier molecular flexibility index (Phi) is 5.74. The summed E-state index contributed by atoms with van der Waals surface area (Å²) in [5.41, 5.74) is 16.1. The molecule has 0 spiro atoms. The Hall–Kier alpha value is -2.82. The third kappa shape index (κ3) is 5.14. The summed E-state index contributed by atoms with van der Waals surface area (Å²) in [6.07, 6.45) is 0.821. The molecule has 0 saturated heterocycles. The van der Waals surface area contributed by atoms with Gasteiger partial charge in [-0.05, 0) is 37.0 Å². The molecule has 0 radical (unpaired) electrons. The van der Waals surface area contributed by atoms with Gasteiger partial charge >= 0.3 is 0 Å². The second-order valence-corrected chi connectivity index (χ2v) is 5.36. The molecule has 5 heteroatoms. The summed E-state index contributed by atoms with van der Waals surface area (Å²) in [6, 6.07) is 16.2. The van der Waals surface area contributed by atoms with Gasteiger partial charge < -0.3 is 16.8 Å². The van der Waals surface area contributed by atoms with Crippen LogP contribution in [0.25, 0.3) is 0 Å². The van der Waals surface area contributed by atoms with Crippen molar-refractivity contribution in [3.05, 3.63) is 65.2 Å². The van der Waals surface area contributed by atoms with Crippen LogP contribution in [0.1, 0.15) is 16.7 Å². The van der Waals surface area contributed by atoms with Gasteiger partial charge in [0.2, 0.25) is 11.9 Å². The predicted octanol–water partition coefficient (Wildman–Crippen LogP) is 2.59. The van der Waals surface area contributed by atoms with Gasteiger partial charge in [-0.1, -0.05) is 48.5 Å². The molecule has 5 N–H and O–H groups in total. The van der Waals surface area contributed by atoms with Gasteiger partial charge in [0.05, 0.1) is 0 Å². The number of benzene rings is 2. The molecule has 0 unspecified atom stereocenters. The van der Waals surface area contributed by atoms with Gasteiger partial charge in [0.25, 0.3) is 0 Å². The Morgan fingerprint density at radius 3 is 2.26 bits per heavy atom. The van der Waals surface area contributed by atoms with Crippen LogP contribution in [0.5, 0.6) is 0 Å². The summed E-state index contributed by atoms with van der Waals surface area (Å²) in [5, 5.41) is 3.08. The molecule has 2 rings (SSSR count). The summed E-state index contributed by atoms with van der Waals surface area (Å²) in [7, 11) is 0. The fraction of sp³-hybridized carbons (Fsp3) is 0.222. The number of rotatable bonds is 4. The number of anilines is 1. The van der Waals surface area contributed by atoms with Crippen LogP contribution in [0.3, 0.4) is 0 Å². The van der Waals surface area contributed by atoms with Gasteiger partial charge in [-0.3, -0.25) is 4.99 Å². The van der Waals surface area contributed by atoms with Crippen LogP contribution < -0.4 is 16.8 Å². The molecule has 5 nitrogen and oxygen atoms in total. The normalized spacial score (nSPS) is 12.3. The van der Waals surface area contributed by atoms with Gasteiger partial charge in [-0.25, -0.2) is 0 Å². The molecule has 2 aromatic rings. The number of aliphatic imine (C=N–C) groups is 2. The van der Waals surface area contributed by atoms with Crippen LogP contribution in [0, 0.1) is 13.8 Å². The quantitative estimate of drug-likeness (QED) is 0.599. The monoisotopic (exact) mass is 309 g/mol.